The van der Waals surface area contributed by atoms with Gasteiger partial charge in [0, 0.05) is 5.92 Å². The highest BCUT2D eigenvalue weighted by Crippen LogP contribution is 2.49. The van der Waals surface area contributed by atoms with E-state index < -0.39 is 5.41 Å². The fourth-order valence-corrected chi connectivity index (χ4v) is 2.39. The lowest BCUT2D eigenvalue weighted by molar-refractivity contribution is -0.154. The minimum Gasteiger partial charge on any atom is -0.469 e. The van der Waals surface area contributed by atoms with Crippen LogP contribution in [0.1, 0.15) is 13.3 Å². The molecular weight excluding hydrogens is 168 g/mol. The third kappa shape index (κ3) is 0.900. The van der Waals surface area contributed by atoms with Crippen molar-refractivity contribution in [1.29, 1.82) is 0 Å². The van der Waals surface area contributed by atoms with Gasteiger partial charge in [0.05, 0.1) is 18.4 Å². The van der Waals surface area contributed by atoms with E-state index >= 15 is 0 Å². The average Bonchev–Trinajstić information content (AvgIpc) is 2.58. The molecule has 2 bridgehead atoms. The molecule has 2 aliphatic rings. The predicted molar refractivity (Wildman–Crippen MR) is 45.9 cm³/mol. The maximum Gasteiger partial charge on any atom is 0.312 e. The van der Waals surface area contributed by atoms with Gasteiger partial charge in [0.25, 0.3) is 0 Å². The zero-order chi connectivity index (χ0) is 9.64. The molecule has 13 heavy (non-hydrogen) atoms. The summed E-state index contributed by atoms with van der Waals surface area (Å²) >= 11 is 0. The summed E-state index contributed by atoms with van der Waals surface area (Å²) in [7, 11) is 1.37. The molecule has 3 nitrogen and oxygen atoms in total. The number of hydrogen-bond donors (Lipinski definition) is 0. The molecule has 0 saturated heterocycles. The Morgan fingerprint density at radius 2 is 2.31 bits per heavy atom. The van der Waals surface area contributed by atoms with Gasteiger partial charge < -0.3 is 4.74 Å². The number of rotatable bonds is 1. The van der Waals surface area contributed by atoms with Crippen molar-refractivity contribution in [3.05, 3.63) is 12.2 Å². The molecule has 0 aromatic carbocycles. The molecule has 2 rings (SSSR count). The highest BCUT2D eigenvalue weighted by Gasteiger charge is 2.56. The second-order valence-electron chi connectivity index (χ2n) is 3.98. The smallest absolute Gasteiger partial charge is 0.312 e. The largest absolute Gasteiger partial charge is 0.469 e. The molecule has 1 saturated carbocycles. The molecule has 2 aliphatic carbocycles. The van der Waals surface area contributed by atoms with Crippen LogP contribution in [0.4, 0.5) is 0 Å². The topological polar surface area (TPSA) is 43.4 Å². The molecule has 0 spiro atoms. The van der Waals surface area contributed by atoms with Gasteiger partial charge in [-0.1, -0.05) is 12.2 Å². The van der Waals surface area contributed by atoms with Gasteiger partial charge in [-0.3, -0.25) is 9.59 Å². The van der Waals surface area contributed by atoms with E-state index in [1.165, 1.54) is 7.11 Å². The molecule has 1 fully saturated rings. The van der Waals surface area contributed by atoms with Crippen LogP contribution in [-0.2, 0) is 14.3 Å². The van der Waals surface area contributed by atoms with Crippen molar-refractivity contribution in [3.8, 4) is 0 Å². The monoisotopic (exact) mass is 180 g/mol. The van der Waals surface area contributed by atoms with Crippen LogP contribution in [0, 0.1) is 17.3 Å². The first-order valence-corrected chi connectivity index (χ1v) is 4.40. The standard InChI is InChI=1S/C10H12O3/c1-10(9(12)13-2)5-6-3-4-7(10)8(6)11/h3-4,6-7H,5H2,1-2H3. The summed E-state index contributed by atoms with van der Waals surface area (Å²) < 4.78 is 4.71. The highest BCUT2D eigenvalue weighted by molar-refractivity contribution is 5.98. The van der Waals surface area contributed by atoms with Crippen molar-refractivity contribution >= 4 is 11.8 Å². The maximum absolute atomic E-state index is 11.5. The molecule has 0 heterocycles. The Bertz CT molecular complexity index is 305. The predicted octanol–water partition coefficient (Wildman–Crippen LogP) is 0.941. The Morgan fingerprint density at radius 3 is 2.69 bits per heavy atom. The van der Waals surface area contributed by atoms with Crippen LogP contribution in [0.5, 0.6) is 0 Å². The molecule has 0 aromatic rings. The lowest BCUT2D eigenvalue weighted by Gasteiger charge is -2.26. The fourth-order valence-electron chi connectivity index (χ4n) is 2.39. The molecule has 3 heteroatoms. The van der Waals surface area contributed by atoms with Crippen LogP contribution in [0.25, 0.3) is 0 Å². The molecule has 0 aliphatic heterocycles. The molecule has 0 N–H and O–H groups in total. The second kappa shape index (κ2) is 2.44. The van der Waals surface area contributed by atoms with E-state index in [0.717, 1.165) is 0 Å². The van der Waals surface area contributed by atoms with E-state index in [1.807, 2.05) is 19.1 Å². The highest BCUT2D eigenvalue weighted by atomic mass is 16.5. The van der Waals surface area contributed by atoms with Gasteiger partial charge in [-0.25, -0.2) is 0 Å². The molecule has 0 aromatic heterocycles. The van der Waals surface area contributed by atoms with E-state index in [-0.39, 0.29) is 23.6 Å². The number of methoxy groups -OCH3 is 1. The van der Waals surface area contributed by atoms with E-state index in [0.29, 0.717) is 6.42 Å². The van der Waals surface area contributed by atoms with Crippen LogP contribution in [-0.4, -0.2) is 18.9 Å². The summed E-state index contributed by atoms with van der Waals surface area (Å²) in [6.45, 7) is 1.81. The molecular formula is C10H12O3. The number of esters is 1. The van der Waals surface area contributed by atoms with Crippen molar-refractivity contribution in [2.24, 2.45) is 17.3 Å². The summed E-state index contributed by atoms with van der Waals surface area (Å²) in [5, 5.41) is 0. The number of carbonyl (C=O) groups is 2. The molecule has 70 valence electrons. The van der Waals surface area contributed by atoms with Crippen LogP contribution < -0.4 is 0 Å². The average molecular weight is 180 g/mol. The van der Waals surface area contributed by atoms with E-state index in [9.17, 15) is 9.59 Å². The van der Waals surface area contributed by atoms with Gasteiger partial charge in [0.15, 0.2) is 0 Å². The van der Waals surface area contributed by atoms with Crippen molar-refractivity contribution < 1.29 is 14.3 Å². The number of carbonyl (C=O) groups excluding carboxylic acids is 2. The Morgan fingerprint density at radius 1 is 1.62 bits per heavy atom. The molecule has 3 unspecified atom stereocenters. The van der Waals surface area contributed by atoms with Crippen LogP contribution in [0.15, 0.2) is 12.2 Å². The minimum absolute atomic E-state index is 0.0471. The Kier molecular flexibility index (Phi) is 1.59. The summed E-state index contributed by atoms with van der Waals surface area (Å²) in [6, 6.07) is 0. The normalized spacial score (nSPS) is 41.2. The lowest BCUT2D eigenvalue weighted by atomic mass is 9.77. The van der Waals surface area contributed by atoms with Gasteiger partial charge >= 0.3 is 5.97 Å². The first-order valence-electron chi connectivity index (χ1n) is 4.40. The zero-order valence-corrected chi connectivity index (χ0v) is 7.74. The van der Waals surface area contributed by atoms with E-state index in [2.05, 4.69) is 0 Å². The quantitative estimate of drug-likeness (QED) is 0.445. The lowest BCUT2D eigenvalue weighted by Crippen LogP contribution is -2.34. The first-order chi connectivity index (χ1) is 6.09. The summed E-state index contributed by atoms with van der Waals surface area (Å²) in [4.78, 5) is 23.0. The summed E-state index contributed by atoms with van der Waals surface area (Å²) in [5.74, 6) is -0.385. The third-order valence-electron chi connectivity index (χ3n) is 3.19. The van der Waals surface area contributed by atoms with Crippen molar-refractivity contribution in [1.82, 2.24) is 0 Å². The zero-order valence-electron chi connectivity index (χ0n) is 7.74. The van der Waals surface area contributed by atoms with Gasteiger partial charge in [0.1, 0.15) is 5.78 Å². The van der Waals surface area contributed by atoms with Crippen LogP contribution in [0.3, 0.4) is 0 Å². The van der Waals surface area contributed by atoms with Crippen molar-refractivity contribution in [2.45, 2.75) is 13.3 Å². The van der Waals surface area contributed by atoms with Gasteiger partial charge in [-0.2, -0.15) is 0 Å². The molecule has 3 atom stereocenters. The number of fused-ring (bicyclic) bond motifs is 2. The number of allylic oxidation sites excluding steroid dienone is 2. The van der Waals surface area contributed by atoms with Gasteiger partial charge in [-0.05, 0) is 13.3 Å². The van der Waals surface area contributed by atoms with Gasteiger partial charge in [-0.15, -0.1) is 0 Å². The van der Waals surface area contributed by atoms with Crippen LogP contribution in [0.2, 0.25) is 0 Å². The molecule has 0 amide bonds. The first kappa shape index (κ1) is 8.48. The summed E-state index contributed by atoms with van der Waals surface area (Å²) in [6.07, 6.45) is 4.35. The maximum atomic E-state index is 11.5. The number of Topliss-reactive ketones (excluding diaryl/α,β-unsaturated/α-hetero) is 1. The summed E-state index contributed by atoms with van der Waals surface area (Å²) in [5.41, 5.74) is -0.606. The minimum atomic E-state index is -0.606. The second-order valence-corrected chi connectivity index (χ2v) is 3.98. The van der Waals surface area contributed by atoms with Crippen molar-refractivity contribution in [2.75, 3.05) is 7.11 Å². The van der Waals surface area contributed by atoms with Gasteiger partial charge in [0.2, 0.25) is 0 Å². The van der Waals surface area contributed by atoms with Crippen LogP contribution >= 0.6 is 0 Å². The Labute approximate surface area is 76.8 Å². The Hall–Kier alpha value is -1.12. The van der Waals surface area contributed by atoms with E-state index in [1.54, 1.807) is 0 Å². The number of ether oxygens (including phenoxy) is 1. The van der Waals surface area contributed by atoms with E-state index in [4.69, 9.17) is 4.74 Å². The van der Waals surface area contributed by atoms with Crippen molar-refractivity contribution in [3.63, 3.8) is 0 Å². The molecule has 0 radical (unpaired) electrons. The number of hydrogen-bond acceptors (Lipinski definition) is 3. The fraction of sp³-hybridized carbons (Fsp3) is 0.600. The third-order valence-corrected chi connectivity index (χ3v) is 3.19. The number of ketones is 1. The Balaban J connectivity index is 2.33. The SMILES string of the molecule is COC(=O)C1(C)CC2C=CC1C2=O.